The van der Waals surface area contributed by atoms with E-state index in [0.717, 1.165) is 12.8 Å². The molecule has 2 aliphatic rings. The number of H-pyrrole nitrogens is 1. The Morgan fingerprint density at radius 1 is 1.45 bits per heavy atom. The topological polar surface area (TPSA) is 104 Å². The third-order valence-corrected chi connectivity index (χ3v) is 6.13. The molecule has 2 bridgehead atoms. The molecule has 1 aromatic rings. The number of aromatic nitrogens is 2. The fourth-order valence-electron chi connectivity index (χ4n) is 3.50. The Morgan fingerprint density at radius 3 is 2.65 bits per heavy atom. The van der Waals surface area contributed by atoms with E-state index in [-0.39, 0.29) is 10.7 Å². The summed E-state index contributed by atoms with van der Waals surface area (Å²) < 4.78 is 26.9. The van der Waals surface area contributed by atoms with Crippen molar-refractivity contribution in [2.45, 2.75) is 42.7 Å². The molecule has 0 amide bonds. The number of hydrogen-bond donors (Lipinski definition) is 3. The highest BCUT2D eigenvalue weighted by atomic mass is 32.2. The van der Waals surface area contributed by atoms with Gasteiger partial charge in [-0.25, -0.2) is 13.1 Å². The predicted molar refractivity (Wildman–Crippen MR) is 75.5 cm³/mol. The van der Waals surface area contributed by atoms with Crippen molar-refractivity contribution in [3.8, 4) is 0 Å². The number of sulfonamides is 1. The Balaban J connectivity index is 1.62. The highest BCUT2D eigenvalue weighted by molar-refractivity contribution is 7.89. The molecular formula is C12H21N5O2S. The third kappa shape index (κ3) is 2.43. The Morgan fingerprint density at radius 2 is 2.10 bits per heavy atom. The number of fused-ring (bicyclic) bond motifs is 2. The maximum absolute atomic E-state index is 12.1. The van der Waals surface area contributed by atoms with Crippen molar-refractivity contribution in [3.63, 3.8) is 0 Å². The molecule has 0 aliphatic carbocycles. The molecule has 3 heterocycles. The summed E-state index contributed by atoms with van der Waals surface area (Å²) in [6.07, 6.45) is 5.85. The van der Waals surface area contributed by atoms with Gasteiger partial charge < -0.3 is 10.6 Å². The minimum absolute atomic E-state index is 0.0356. The molecule has 4 N–H and O–H groups in total. The summed E-state index contributed by atoms with van der Waals surface area (Å²) in [4.78, 5) is 2.48. The van der Waals surface area contributed by atoms with Crippen LogP contribution in [-0.2, 0) is 10.0 Å². The Labute approximate surface area is 119 Å². The summed E-state index contributed by atoms with van der Waals surface area (Å²) in [5.74, 6) is 0.493. The summed E-state index contributed by atoms with van der Waals surface area (Å²) in [5, 5.41) is 6.10. The first-order valence-corrected chi connectivity index (χ1v) is 8.46. The largest absolute Gasteiger partial charge is 0.383 e. The van der Waals surface area contributed by atoms with Crippen molar-refractivity contribution >= 4 is 15.8 Å². The van der Waals surface area contributed by atoms with Gasteiger partial charge in [0, 0.05) is 18.6 Å². The van der Waals surface area contributed by atoms with E-state index in [4.69, 9.17) is 5.73 Å². The number of nitrogen functional groups attached to an aromatic ring is 1. The monoisotopic (exact) mass is 299 g/mol. The van der Waals surface area contributed by atoms with Gasteiger partial charge in [-0.1, -0.05) is 0 Å². The van der Waals surface area contributed by atoms with Gasteiger partial charge in [-0.15, -0.1) is 0 Å². The van der Waals surface area contributed by atoms with E-state index in [1.54, 1.807) is 0 Å². The number of anilines is 1. The second-order valence-electron chi connectivity index (χ2n) is 5.89. The number of nitrogens with two attached hydrogens (primary N) is 1. The smallest absolute Gasteiger partial charge is 0.245 e. The van der Waals surface area contributed by atoms with E-state index < -0.39 is 10.0 Å². The van der Waals surface area contributed by atoms with Gasteiger partial charge >= 0.3 is 0 Å². The standard InChI is InChI=1S/C12H21N5O2S/c1-17-9-2-3-10(17)5-8(4-9)6-15-20(18,19)11-7-14-16-12(11)13/h7-10,15H,2-6H2,1H3,(H3,13,14,16). The van der Waals surface area contributed by atoms with E-state index in [2.05, 4.69) is 26.9 Å². The highest BCUT2D eigenvalue weighted by Gasteiger charge is 2.38. The summed E-state index contributed by atoms with van der Waals surface area (Å²) in [6.45, 7) is 0.480. The van der Waals surface area contributed by atoms with Gasteiger partial charge in [0.15, 0.2) is 0 Å². The molecule has 3 rings (SSSR count). The molecule has 2 saturated heterocycles. The molecule has 0 radical (unpaired) electrons. The number of rotatable bonds is 4. The second-order valence-corrected chi connectivity index (χ2v) is 7.62. The van der Waals surface area contributed by atoms with Crippen molar-refractivity contribution < 1.29 is 8.42 Å². The lowest BCUT2D eigenvalue weighted by Crippen LogP contribution is -2.43. The molecular weight excluding hydrogens is 278 g/mol. The van der Waals surface area contributed by atoms with Gasteiger partial charge in [0.2, 0.25) is 10.0 Å². The molecule has 2 unspecified atom stereocenters. The van der Waals surface area contributed by atoms with Gasteiger partial charge in [-0.3, -0.25) is 5.10 Å². The third-order valence-electron chi connectivity index (χ3n) is 4.68. The van der Waals surface area contributed by atoms with Crippen LogP contribution < -0.4 is 10.5 Å². The normalized spacial score (nSPS) is 30.8. The van der Waals surface area contributed by atoms with Crippen LogP contribution in [0.4, 0.5) is 5.82 Å². The maximum Gasteiger partial charge on any atom is 0.245 e. The molecule has 2 atom stereocenters. The van der Waals surface area contributed by atoms with Crippen LogP contribution in [0.3, 0.4) is 0 Å². The highest BCUT2D eigenvalue weighted by Crippen LogP contribution is 2.37. The summed E-state index contributed by atoms with van der Waals surface area (Å²) >= 11 is 0. The molecule has 0 aromatic carbocycles. The van der Waals surface area contributed by atoms with Crippen molar-refractivity contribution in [2.75, 3.05) is 19.3 Å². The number of aromatic amines is 1. The van der Waals surface area contributed by atoms with Crippen molar-refractivity contribution in [2.24, 2.45) is 5.92 Å². The minimum Gasteiger partial charge on any atom is -0.383 e. The van der Waals surface area contributed by atoms with Gasteiger partial charge in [0.05, 0.1) is 6.20 Å². The fraction of sp³-hybridized carbons (Fsp3) is 0.750. The second kappa shape index (κ2) is 5.01. The van der Waals surface area contributed by atoms with E-state index in [1.807, 2.05) is 0 Å². The van der Waals surface area contributed by atoms with Crippen LogP contribution in [0.15, 0.2) is 11.1 Å². The number of nitrogens with one attached hydrogen (secondary N) is 2. The number of hydrogen-bond acceptors (Lipinski definition) is 5. The first-order valence-electron chi connectivity index (χ1n) is 6.98. The van der Waals surface area contributed by atoms with E-state index in [0.29, 0.717) is 24.5 Å². The van der Waals surface area contributed by atoms with E-state index in [1.165, 1.54) is 19.0 Å². The van der Waals surface area contributed by atoms with Crippen LogP contribution >= 0.6 is 0 Å². The summed E-state index contributed by atoms with van der Waals surface area (Å²) in [7, 11) is -1.38. The number of nitrogens with zero attached hydrogens (tertiary/aromatic N) is 2. The van der Waals surface area contributed by atoms with Crippen molar-refractivity contribution in [1.82, 2.24) is 19.8 Å². The first-order chi connectivity index (χ1) is 9.47. The Hall–Kier alpha value is -1.12. The first kappa shape index (κ1) is 13.8. The molecule has 0 saturated carbocycles. The molecule has 1 aromatic heterocycles. The van der Waals surface area contributed by atoms with Crippen LogP contribution in [-0.4, -0.2) is 49.2 Å². The molecule has 112 valence electrons. The zero-order valence-corrected chi connectivity index (χ0v) is 12.4. The van der Waals surface area contributed by atoms with Crippen LogP contribution in [0.1, 0.15) is 25.7 Å². The molecule has 8 heteroatoms. The van der Waals surface area contributed by atoms with E-state index >= 15 is 0 Å². The maximum atomic E-state index is 12.1. The van der Waals surface area contributed by atoms with Crippen LogP contribution in [0.2, 0.25) is 0 Å². The predicted octanol–water partition coefficient (Wildman–Crippen LogP) is 0.143. The van der Waals surface area contributed by atoms with Crippen molar-refractivity contribution in [1.29, 1.82) is 0 Å². The fourth-order valence-corrected chi connectivity index (χ4v) is 4.63. The Kier molecular flexibility index (Phi) is 3.47. The quantitative estimate of drug-likeness (QED) is 0.734. The van der Waals surface area contributed by atoms with Gasteiger partial charge in [-0.2, -0.15) is 5.10 Å². The molecule has 0 spiro atoms. The van der Waals surface area contributed by atoms with E-state index in [9.17, 15) is 8.42 Å². The zero-order chi connectivity index (χ0) is 14.3. The average molecular weight is 299 g/mol. The van der Waals surface area contributed by atoms with Gasteiger partial charge in [-0.05, 0) is 38.6 Å². The van der Waals surface area contributed by atoms with Gasteiger partial charge in [0.25, 0.3) is 0 Å². The van der Waals surface area contributed by atoms with Crippen LogP contribution in [0.5, 0.6) is 0 Å². The van der Waals surface area contributed by atoms with Crippen LogP contribution in [0, 0.1) is 5.92 Å². The molecule has 2 aliphatic heterocycles. The van der Waals surface area contributed by atoms with Gasteiger partial charge in [0.1, 0.15) is 10.7 Å². The summed E-state index contributed by atoms with van der Waals surface area (Å²) in [6, 6.07) is 1.23. The summed E-state index contributed by atoms with van der Waals surface area (Å²) in [5.41, 5.74) is 5.56. The lowest BCUT2D eigenvalue weighted by molar-refractivity contribution is 0.135. The Bertz CT molecular complexity index is 570. The van der Waals surface area contributed by atoms with Crippen LogP contribution in [0.25, 0.3) is 0 Å². The zero-order valence-electron chi connectivity index (χ0n) is 11.5. The lowest BCUT2D eigenvalue weighted by atomic mass is 9.91. The molecule has 20 heavy (non-hydrogen) atoms. The SMILES string of the molecule is CN1C2CCC1CC(CNS(=O)(=O)c1cn[nH]c1N)C2. The average Bonchev–Trinajstić information content (AvgIpc) is 2.89. The lowest BCUT2D eigenvalue weighted by Gasteiger charge is -2.36. The molecule has 7 nitrogen and oxygen atoms in total. The van der Waals surface area contributed by atoms with Crippen molar-refractivity contribution in [3.05, 3.63) is 6.20 Å². The molecule has 2 fully saturated rings. The number of piperidine rings is 1. The minimum atomic E-state index is -3.56.